The summed E-state index contributed by atoms with van der Waals surface area (Å²) < 4.78 is 12.2. The number of hydrogen-bond acceptors (Lipinski definition) is 4. The van der Waals surface area contributed by atoms with E-state index in [-0.39, 0.29) is 17.5 Å². The molecule has 0 unspecified atom stereocenters. The van der Waals surface area contributed by atoms with Gasteiger partial charge in [-0.15, -0.1) is 0 Å². The number of benzene rings is 1. The lowest BCUT2D eigenvalue weighted by Gasteiger charge is -2.35. The third-order valence-corrected chi connectivity index (χ3v) is 5.49. The van der Waals surface area contributed by atoms with E-state index in [0.29, 0.717) is 45.8 Å². The minimum absolute atomic E-state index is 0.0870. The van der Waals surface area contributed by atoms with Crippen LogP contribution in [-0.4, -0.2) is 66.9 Å². The lowest BCUT2D eigenvalue weighted by atomic mass is 9.87. The molecule has 0 bridgehead atoms. The predicted octanol–water partition coefficient (Wildman–Crippen LogP) is 4.78. The summed E-state index contributed by atoms with van der Waals surface area (Å²) in [5, 5.41) is 2.93. The highest BCUT2D eigenvalue weighted by molar-refractivity contribution is 9.10. The van der Waals surface area contributed by atoms with E-state index < -0.39 is 5.60 Å². The van der Waals surface area contributed by atoms with Gasteiger partial charge in [0.15, 0.2) is 0 Å². The highest BCUT2D eigenvalue weighted by atomic mass is 79.9. The summed E-state index contributed by atoms with van der Waals surface area (Å²) in [4.78, 5) is 27.8. The third kappa shape index (κ3) is 8.24. The molecule has 3 amide bonds. The molecule has 1 saturated heterocycles. The van der Waals surface area contributed by atoms with Crippen LogP contribution in [0, 0.1) is 0 Å². The molecule has 1 heterocycles. The third-order valence-electron chi connectivity index (χ3n) is 4.87. The number of carbonyl (C=O) groups is 2. The molecule has 1 aliphatic rings. The van der Waals surface area contributed by atoms with Gasteiger partial charge < -0.3 is 24.6 Å². The Bertz CT molecular complexity index is 763. The van der Waals surface area contributed by atoms with Crippen molar-refractivity contribution in [2.75, 3.05) is 39.3 Å². The van der Waals surface area contributed by atoms with Gasteiger partial charge in [0.25, 0.3) is 0 Å². The van der Waals surface area contributed by atoms with Gasteiger partial charge in [-0.2, -0.15) is 0 Å². The van der Waals surface area contributed by atoms with E-state index in [2.05, 4.69) is 54.2 Å². The second-order valence-electron chi connectivity index (χ2n) is 9.78. The second kappa shape index (κ2) is 10.6. The molecule has 7 nitrogen and oxygen atoms in total. The lowest BCUT2D eigenvalue weighted by Crippen LogP contribution is -2.54. The van der Waals surface area contributed by atoms with Crippen molar-refractivity contribution in [3.8, 4) is 5.75 Å². The smallest absolute Gasteiger partial charge is 0.410 e. The number of piperazine rings is 1. The molecular weight excluding hydrogens is 462 g/mol. The molecular formula is C23H36BrN3O4. The van der Waals surface area contributed by atoms with E-state index in [1.807, 2.05) is 26.8 Å². The fourth-order valence-electron chi connectivity index (χ4n) is 3.06. The summed E-state index contributed by atoms with van der Waals surface area (Å²) in [5.74, 6) is 0.803. The van der Waals surface area contributed by atoms with Gasteiger partial charge in [-0.25, -0.2) is 9.59 Å². The number of halogens is 1. The fourth-order valence-corrected chi connectivity index (χ4v) is 3.56. The number of amides is 3. The quantitative estimate of drug-likeness (QED) is 0.594. The Morgan fingerprint density at radius 1 is 1.03 bits per heavy atom. The van der Waals surface area contributed by atoms with Crippen LogP contribution >= 0.6 is 15.9 Å². The SMILES string of the molecule is CC(C)(C)OC(=O)N1CCN(C(=O)NCCCOc2ccc(C(C)(C)C)cc2Br)CC1. The normalized spacial score (nSPS) is 14.9. The zero-order chi connectivity index (χ0) is 23.2. The minimum atomic E-state index is -0.516. The maximum Gasteiger partial charge on any atom is 0.410 e. The van der Waals surface area contributed by atoms with Crippen LogP contribution in [0.3, 0.4) is 0 Å². The number of urea groups is 1. The van der Waals surface area contributed by atoms with Crippen LogP contribution < -0.4 is 10.1 Å². The number of nitrogens with zero attached hydrogens (tertiary/aromatic N) is 2. The van der Waals surface area contributed by atoms with E-state index in [0.717, 1.165) is 10.2 Å². The molecule has 174 valence electrons. The summed E-state index contributed by atoms with van der Waals surface area (Å²) >= 11 is 3.58. The van der Waals surface area contributed by atoms with Crippen LogP contribution in [-0.2, 0) is 10.2 Å². The van der Waals surface area contributed by atoms with Crippen LogP contribution in [0.5, 0.6) is 5.75 Å². The molecule has 31 heavy (non-hydrogen) atoms. The van der Waals surface area contributed by atoms with Crippen molar-refractivity contribution >= 4 is 28.1 Å². The van der Waals surface area contributed by atoms with Gasteiger partial charge in [0.2, 0.25) is 0 Å². The van der Waals surface area contributed by atoms with Crippen molar-refractivity contribution in [3.63, 3.8) is 0 Å². The second-order valence-corrected chi connectivity index (χ2v) is 10.6. The van der Waals surface area contributed by atoms with Crippen molar-refractivity contribution in [2.45, 2.75) is 59.0 Å². The zero-order valence-electron chi connectivity index (χ0n) is 19.6. The Morgan fingerprint density at radius 2 is 1.65 bits per heavy atom. The monoisotopic (exact) mass is 497 g/mol. The molecule has 8 heteroatoms. The predicted molar refractivity (Wildman–Crippen MR) is 126 cm³/mol. The molecule has 1 N–H and O–H groups in total. The molecule has 0 aromatic heterocycles. The van der Waals surface area contributed by atoms with Crippen molar-refractivity contribution < 1.29 is 19.1 Å². The van der Waals surface area contributed by atoms with Crippen LogP contribution in [0.25, 0.3) is 0 Å². The van der Waals surface area contributed by atoms with Crippen LogP contribution in [0.4, 0.5) is 9.59 Å². The molecule has 0 aliphatic carbocycles. The van der Waals surface area contributed by atoms with Crippen LogP contribution in [0.15, 0.2) is 22.7 Å². The standard InChI is InChI=1S/C23H36BrN3O4/c1-22(2,3)17-8-9-19(18(24)16-17)30-15-7-10-25-20(28)26-11-13-27(14-12-26)21(29)31-23(4,5)6/h8-9,16H,7,10-15H2,1-6H3,(H,25,28). The molecule has 2 rings (SSSR count). The van der Waals surface area contributed by atoms with Gasteiger partial charge in [-0.3, -0.25) is 0 Å². The number of carbonyl (C=O) groups excluding carboxylic acids is 2. The Morgan fingerprint density at radius 3 is 2.19 bits per heavy atom. The first-order valence-electron chi connectivity index (χ1n) is 10.8. The van der Waals surface area contributed by atoms with Crippen molar-refractivity contribution in [1.82, 2.24) is 15.1 Å². The highest BCUT2D eigenvalue weighted by Crippen LogP contribution is 2.31. The van der Waals surface area contributed by atoms with Gasteiger partial charge >= 0.3 is 12.1 Å². The Labute approximate surface area is 194 Å². The van der Waals surface area contributed by atoms with E-state index in [9.17, 15) is 9.59 Å². The topological polar surface area (TPSA) is 71.1 Å². The van der Waals surface area contributed by atoms with Crippen LogP contribution in [0.2, 0.25) is 0 Å². The van der Waals surface area contributed by atoms with Gasteiger partial charge in [0.05, 0.1) is 11.1 Å². The average Bonchev–Trinajstić information content (AvgIpc) is 2.66. The molecule has 0 radical (unpaired) electrons. The van der Waals surface area contributed by atoms with Crippen LogP contribution in [0.1, 0.15) is 53.5 Å². The van der Waals surface area contributed by atoms with Crippen molar-refractivity contribution in [3.05, 3.63) is 28.2 Å². The fraction of sp³-hybridized carbons (Fsp3) is 0.652. The minimum Gasteiger partial charge on any atom is -0.492 e. The molecule has 1 aliphatic heterocycles. The van der Waals surface area contributed by atoms with Crippen molar-refractivity contribution in [1.29, 1.82) is 0 Å². The number of rotatable bonds is 5. The molecule has 0 atom stereocenters. The average molecular weight is 498 g/mol. The van der Waals surface area contributed by atoms with Gasteiger partial charge in [0, 0.05) is 32.7 Å². The first-order valence-corrected chi connectivity index (χ1v) is 11.6. The molecule has 0 saturated carbocycles. The largest absolute Gasteiger partial charge is 0.492 e. The summed E-state index contributed by atoms with van der Waals surface area (Å²) in [5.41, 5.74) is 0.812. The lowest BCUT2D eigenvalue weighted by molar-refractivity contribution is 0.0170. The number of hydrogen-bond donors (Lipinski definition) is 1. The highest BCUT2D eigenvalue weighted by Gasteiger charge is 2.27. The first kappa shape index (κ1) is 25.3. The van der Waals surface area contributed by atoms with Gasteiger partial charge in [-0.05, 0) is 66.2 Å². The number of ether oxygens (including phenoxy) is 2. The van der Waals surface area contributed by atoms with E-state index in [1.165, 1.54) is 5.56 Å². The zero-order valence-corrected chi connectivity index (χ0v) is 21.2. The summed E-state index contributed by atoms with van der Waals surface area (Å²) in [6.07, 6.45) is 0.378. The van der Waals surface area contributed by atoms with E-state index in [4.69, 9.17) is 9.47 Å². The van der Waals surface area contributed by atoms with Gasteiger partial charge in [0.1, 0.15) is 11.4 Å². The maximum atomic E-state index is 12.4. The van der Waals surface area contributed by atoms with Crippen molar-refractivity contribution in [2.24, 2.45) is 0 Å². The van der Waals surface area contributed by atoms with E-state index in [1.54, 1.807) is 9.80 Å². The Kier molecular flexibility index (Phi) is 8.63. The molecule has 1 aromatic rings. The molecule has 0 spiro atoms. The Hall–Kier alpha value is -1.96. The molecule has 1 fully saturated rings. The summed E-state index contributed by atoms with van der Waals surface area (Å²) in [6.45, 7) is 15.0. The summed E-state index contributed by atoms with van der Waals surface area (Å²) in [7, 11) is 0. The van der Waals surface area contributed by atoms with Gasteiger partial charge in [-0.1, -0.05) is 26.8 Å². The first-order chi connectivity index (χ1) is 14.4. The Balaban J connectivity index is 1.66. The van der Waals surface area contributed by atoms with E-state index >= 15 is 0 Å². The molecule has 1 aromatic carbocycles. The summed E-state index contributed by atoms with van der Waals surface area (Å²) in [6, 6.07) is 6.04. The maximum absolute atomic E-state index is 12.4. The number of nitrogens with one attached hydrogen (secondary N) is 1.